The number of benzene rings is 2. The van der Waals surface area contributed by atoms with Crippen LogP contribution in [0.3, 0.4) is 0 Å². The number of pyridine rings is 1. The monoisotopic (exact) mass is 568 g/mol. The Balaban J connectivity index is 1.49. The molecule has 0 bridgehead atoms. The summed E-state index contributed by atoms with van der Waals surface area (Å²) in [7, 11) is 0. The molecule has 9 nitrogen and oxygen atoms in total. The number of carboxylic acids is 1. The minimum Gasteiger partial charge on any atom is -0.493 e. The van der Waals surface area contributed by atoms with Crippen LogP contribution < -0.4 is 21.1 Å². The number of aromatic carboxylic acids is 1. The van der Waals surface area contributed by atoms with Crippen LogP contribution >= 0.6 is 11.3 Å². The maximum atomic E-state index is 13.9. The molecule has 0 atom stereocenters. The van der Waals surface area contributed by atoms with Crippen molar-refractivity contribution in [1.82, 2.24) is 10.3 Å². The minimum atomic E-state index is -1.31. The third-order valence-electron chi connectivity index (χ3n) is 7.29. The van der Waals surface area contributed by atoms with Gasteiger partial charge in [-0.3, -0.25) is 9.59 Å². The summed E-state index contributed by atoms with van der Waals surface area (Å²) < 4.78 is 6.09. The van der Waals surface area contributed by atoms with Crippen LogP contribution in [-0.4, -0.2) is 40.5 Å². The van der Waals surface area contributed by atoms with Crippen LogP contribution in [0.2, 0.25) is 0 Å². The zero-order chi connectivity index (χ0) is 28.7. The second-order valence-corrected chi connectivity index (χ2v) is 11.1. The topological polar surface area (TPSA) is 144 Å². The Morgan fingerprint density at radius 1 is 1.05 bits per heavy atom. The number of amides is 2. The molecule has 2 aliphatic rings. The maximum absolute atomic E-state index is 13.9. The predicted molar refractivity (Wildman–Crippen MR) is 157 cm³/mol. The Labute approximate surface area is 240 Å². The van der Waals surface area contributed by atoms with Gasteiger partial charge in [0.15, 0.2) is 5.69 Å². The lowest BCUT2D eigenvalue weighted by Gasteiger charge is -2.18. The lowest BCUT2D eigenvalue weighted by Crippen LogP contribution is -2.27. The standard InChI is InChI=1S/C31H28N4O5S/c1-16-12-17(15-32)2-6-24(16)35-29(36)22-13-23-26(40-10-8-18-9-11-41-28(18)23)14-21(22)20-5-7-25(34-27(20)31(38)39)30(37)33-19-3-4-19/h2,5-7,9,11-14,19H,3-4,8,10,15,32H2,1H3,(H,33,37)(H,35,36)(H,38,39). The number of carbonyl (C=O) groups excluding carboxylic acids is 2. The number of ether oxygens (including phenoxy) is 1. The third kappa shape index (κ3) is 5.31. The van der Waals surface area contributed by atoms with Gasteiger partial charge in [-0.1, -0.05) is 12.1 Å². The van der Waals surface area contributed by atoms with Gasteiger partial charge in [0.2, 0.25) is 0 Å². The molecular formula is C31H28N4O5S. The maximum Gasteiger partial charge on any atom is 0.355 e. The van der Waals surface area contributed by atoms with E-state index in [9.17, 15) is 19.5 Å². The number of hydrogen-bond donors (Lipinski definition) is 4. The molecule has 0 unspecified atom stereocenters. The Morgan fingerprint density at radius 3 is 2.61 bits per heavy atom. The van der Waals surface area contributed by atoms with Gasteiger partial charge in [0.25, 0.3) is 11.8 Å². The first-order valence-electron chi connectivity index (χ1n) is 13.4. The van der Waals surface area contributed by atoms with Gasteiger partial charge in [-0.25, -0.2) is 9.78 Å². The summed E-state index contributed by atoms with van der Waals surface area (Å²) in [4.78, 5) is 44.2. The fourth-order valence-corrected chi connectivity index (χ4v) is 5.94. The van der Waals surface area contributed by atoms with Crippen LogP contribution in [0.15, 0.2) is 53.9 Å². The Kier molecular flexibility index (Phi) is 7.02. The summed E-state index contributed by atoms with van der Waals surface area (Å²) in [6.45, 7) is 2.71. The molecule has 3 heterocycles. The SMILES string of the molecule is Cc1cc(CN)ccc1NC(=O)c1cc2c(cc1-c1ccc(C(=O)NC3CC3)nc1C(=O)O)OCCc1ccsc1-2. The molecule has 2 aromatic heterocycles. The molecular weight excluding hydrogens is 540 g/mol. The van der Waals surface area contributed by atoms with Crippen LogP contribution in [0.4, 0.5) is 5.69 Å². The number of aryl methyl sites for hydroxylation is 1. The van der Waals surface area contributed by atoms with Crippen molar-refractivity contribution in [3.05, 3.63) is 87.6 Å². The summed E-state index contributed by atoms with van der Waals surface area (Å²) in [6.07, 6.45) is 2.50. The minimum absolute atomic E-state index is 0.00825. The zero-order valence-electron chi connectivity index (χ0n) is 22.3. The normalized spacial score (nSPS) is 13.8. The van der Waals surface area contributed by atoms with Crippen molar-refractivity contribution in [3.8, 4) is 27.3 Å². The van der Waals surface area contributed by atoms with E-state index in [1.54, 1.807) is 29.5 Å². The Morgan fingerprint density at radius 2 is 1.88 bits per heavy atom. The highest BCUT2D eigenvalue weighted by molar-refractivity contribution is 7.13. The van der Waals surface area contributed by atoms with Gasteiger partial charge in [-0.15, -0.1) is 11.3 Å². The molecule has 208 valence electrons. The molecule has 1 aliphatic carbocycles. The van der Waals surface area contributed by atoms with Crippen molar-refractivity contribution in [2.45, 2.75) is 38.8 Å². The van der Waals surface area contributed by atoms with Crippen LogP contribution in [0.25, 0.3) is 21.6 Å². The number of rotatable bonds is 7. The number of fused-ring (bicyclic) bond motifs is 3. The van der Waals surface area contributed by atoms with Crippen LogP contribution in [0.1, 0.15) is 60.9 Å². The molecule has 41 heavy (non-hydrogen) atoms. The highest BCUT2D eigenvalue weighted by Crippen LogP contribution is 2.43. The molecule has 10 heteroatoms. The second kappa shape index (κ2) is 10.8. The highest BCUT2D eigenvalue weighted by Gasteiger charge is 2.28. The van der Waals surface area contributed by atoms with E-state index in [4.69, 9.17) is 10.5 Å². The largest absolute Gasteiger partial charge is 0.493 e. The van der Waals surface area contributed by atoms with Gasteiger partial charge in [0, 0.05) is 51.8 Å². The molecule has 0 spiro atoms. The fourth-order valence-electron chi connectivity index (χ4n) is 4.96. The summed E-state index contributed by atoms with van der Waals surface area (Å²) >= 11 is 1.56. The number of nitrogens with two attached hydrogens (primary N) is 1. The molecule has 0 saturated heterocycles. The van der Waals surface area contributed by atoms with E-state index in [0.717, 1.165) is 40.0 Å². The van der Waals surface area contributed by atoms with Gasteiger partial charge in [0.05, 0.1) is 6.61 Å². The second-order valence-electron chi connectivity index (χ2n) is 10.2. The van der Waals surface area contributed by atoms with Crippen LogP contribution in [-0.2, 0) is 13.0 Å². The molecule has 1 saturated carbocycles. The van der Waals surface area contributed by atoms with Crippen LogP contribution in [0.5, 0.6) is 5.75 Å². The molecule has 4 aromatic rings. The van der Waals surface area contributed by atoms with Crippen molar-refractivity contribution >= 4 is 34.8 Å². The first-order chi connectivity index (χ1) is 19.8. The molecule has 1 fully saturated rings. The summed E-state index contributed by atoms with van der Waals surface area (Å²) in [6, 6.07) is 14.2. The van der Waals surface area contributed by atoms with Gasteiger partial charge >= 0.3 is 5.97 Å². The predicted octanol–water partition coefficient (Wildman–Crippen LogP) is 5.02. The number of aromatic nitrogens is 1. The fraction of sp³-hybridized carbons (Fsp3) is 0.226. The average Bonchev–Trinajstić information content (AvgIpc) is 3.70. The molecule has 2 amide bonds. The number of nitrogens with one attached hydrogen (secondary N) is 2. The van der Waals surface area contributed by atoms with Crippen molar-refractivity contribution < 1.29 is 24.2 Å². The number of carbonyl (C=O) groups is 3. The lowest BCUT2D eigenvalue weighted by atomic mass is 9.93. The van der Waals surface area contributed by atoms with Gasteiger partial charge in [-0.05, 0) is 78.2 Å². The van der Waals surface area contributed by atoms with E-state index in [1.165, 1.54) is 12.1 Å². The van der Waals surface area contributed by atoms with Gasteiger partial charge in [-0.2, -0.15) is 0 Å². The summed E-state index contributed by atoms with van der Waals surface area (Å²) in [5.74, 6) is -1.60. The Bertz CT molecular complexity index is 1710. The summed E-state index contributed by atoms with van der Waals surface area (Å²) in [5.41, 5.74) is 10.6. The molecule has 0 radical (unpaired) electrons. The number of carboxylic acid groups (broad SMARTS) is 1. The molecule has 6 rings (SSSR count). The molecule has 2 aromatic carbocycles. The van der Waals surface area contributed by atoms with Gasteiger partial charge < -0.3 is 26.2 Å². The zero-order valence-corrected chi connectivity index (χ0v) is 23.1. The molecule has 1 aliphatic heterocycles. The van der Waals surface area contributed by atoms with Crippen molar-refractivity contribution in [3.63, 3.8) is 0 Å². The first-order valence-corrected chi connectivity index (χ1v) is 14.2. The lowest BCUT2D eigenvalue weighted by molar-refractivity contribution is 0.0691. The Hall–Kier alpha value is -4.54. The van der Waals surface area contributed by atoms with E-state index in [2.05, 4.69) is 15.6 Å². The van der Waals surface area contributed by atoms with E-state index >= 15 is 0 Å². The van der Waals surface area contributed by atoms with E-state index in [0.29, 0.717) is 36.6 Å². The molecule has 5 N–H and O–H groups in total. The summed E-state index contributed by atoms with van der Waals surface area (Å²) in [5, 5.41) is 18.0. The highest BCUT2D eigenvalue weighted by atomic mass is 32.1. The van der Waals surface area contributed by atoms with Crippen molar-refractivity contribution in [1.29, 1.82) is 0 Å². The third-order valence-corrected chi connectivity index (χ3v) is 8.28. The van der Waals surface area contributed by atoms with E-state index in [-0.39, 0.29) is 28.6 Å². The number of hydrogen-bond acceptors (Lipinski definition) is 7. The quantitative estimate of drug-likeness (QED) is 0.245. The first kappa shape index (κ1) is 26.7. The smallest absolute Gasteiger partial charge is 0.355 e. The van der Waals surface area contributed by atoms with E-state index in [1.807, 2.05) is 30.5 Å². The van der Waals surface area contributed by atoms with Gasteiger partial charge in [0.1, 0.15) is 11.4 Å². The van der Waals surface area contributed by atoms with Crippen molar-refractivity contribution in [2.24, 2.45) is 5.73 Å². The number of thiophene rings is 1. The number of anilines is 1. The number of nitrogens with zero attached hydrogens (tertiary/aromatic N) is 1. The average molecular weight is 569 g/mol. The van der Waals surface area contributed by atoms with Crippen molar-refractivity contribution in [2.75, 3.05) is 11.9 Å². The van der Waals surface area contributed by atoms with Crippen LogP contribution in [0, 0.1) is 6.92 Å². The van der Waals surface area contributed by atoms with E-state index < -0.39 is 17.8 Å².